The third-order valence-electron chi connectivity index (χ3n) is 9.65. The van der Waals surface area contributed by atoms with Crippen LogP contribution in [0.25, 0.3) is 32.7 Å². The predicted molar refractivity (Wildman–Crippen MR) is 219 cm³/mol. The lowest BCUT2D eigenvalue weighted by Gasteiger charge is -2.23. The molecule has 0 heterocycles. The Hall–Kier alpha value is -5.82. The Morgan fingerprint density at radius 2 is 1.12 bits per heavy atom. The van der Waals surface area contributed by atoms with Crippen LogP contribution in [0.2, 0.25) is 0 Å². The smallest absolute Gasteiger partial charge is 0.132 e. The molecule has 51 heavy (non-hydrogen) atoms. The van der Waals surface area contributed by atoms with Gasteiger partial charge in [-0.15, -0.1) is 0 Å². The fraction of sp³-hybridized carbons (Fsp3) is 0.0625. The number of phenols is 1. The molecule has 0 aliphatic carbocycles. The van der Waals surface area contributed by atoms with Crippen molar-refractivity contribution < 1.29 is 5.11 Å². The van der Waals surface area contributed by atoms with E-state index in [9.17, 15) is 5.11 Å². The Bertz CT molecular complexity index is 2440. The maximum Gasteiger partial charge on any atom is 0.132 e. The monoisotopic (exact) mass is 675 g/mol. The first-order valence-electron chi connectivity index (χ1n) is 17.5. The van der Waals surface area contributed by atoms with Crippen molar-refractivity contribution >= 4 is 51.6 Å². The summed E-state index contributed by atoms with van der Waals surface area (Å²) < 4.78 is 0. The van der Waals surface area contributed by atoms with Gasteiger partial charge in [0, 0.05) is 17.3 Å². The molecule has 0 unspecified atom stereocenters. The van der Waals surface area contributed by atoms with E-state index in [0.717, 1.165) is 39.1 Å². The van der Waals surface area contributed by atoms with Crippen molar-refractivity contribution in [2.45, 2.75) is 19.4 Å². The van der Waals surface area contributed by atoms with Crippen LogP contribution >= 0.6 is 7.92 Å². The first kappa shape index (κ1) is 32.4. The summed E-state index contributed by atoms with van der Waals surface area (Å²) in [4.78, 5) is 5.18. The lowest BCUT2D eigenvalue weighted by molar-refractivity contribution is 0.477. The maximum atomic E-state index is 12.3. The van der Waals surface area contributed by atoms with Crippen molar-refractivity contribution in [1.29, 1.82) is 0 Å². The van der Waals surface area contributed by atoms with E-state index < -0.39 is 7.92 Å². The Labute approximate surface area is 301 Å². The van der Waals surface area contributed by atoms with E-state index in [0.29, 0.717) is 5.56 Å². The minimum absolute atomic E-state index is 0.140. The van der Waals surface area contributed by atoms with Crippen molar-refractivity contribution in [3.05, 3.63) is 204 Å². The van der Waals surface area contributed by atoms with E-state index in [1.54, 1.807) is 0 Å². The number of benzene rings is 8. The van der Waals surface area contributed by atoms with E-state index in [2.05, 4.69) is 189 Å². The molecule has 2 nitrogen and oxygen atoms in total. The molecule has 0 spiro atoms. The van der Waals surface area contributed by atoms with Crippen LogP contribution in [0.3, 0.4) is 0 Å². The average Bonchev–Trinajstić information content (AvgIpc) is 3.19. The van der Waals surface area contributed by atoms with Gasteiger partial charge in [0.1, 0.15) is 5.75 Å². The highest BCUT2D eigenvalue weighted by molar-refractivity contribution is 7.79. The normalized spacial score (nSPS) is 12.2. The summed E-state index contributed by atoms with van der Waals surface area (Å²) in [5.74, 6) is 0.249. The average molecular weight is 676 g/mol. The molecule has 8 aromatic carbocycles. The minimum atomic E-state index is -0.795. The van der Waals surface area contributed by atoms with Gasteiger partial charge >= 0.3 is 0 Å². The van der Waals surface area contributed by atoms with Crippen molar-refractivity contribution in [3.8, 4) is 16.9 Å². The summed E-state index contributed by atoms with van der Waals surface area (Å²) >= 11 is 0. The van der Waals surface area contributed by atoms with Crippen LogP contribution in [-0.4, -0.2) is 11.3 Å². The first-order valence-corrected chi connectivity index (χ1v) is 18.8. The molecule has 0 aliphatic rings. The number of hydrogen-bond acceptors (Lipinski definition) is 2. The number of nitrogens with zero attached hydrogens (tertiary/aromatic N) is 1. The van der Waals surface area contributed by atoms with Crippen molar-refractivity contribution in [2.75, 3.05) is 0 Å². The first-order chi connectivity index (χ1) is 25.2. The highest BCUT2D eigenvalue weighted by Crippen LogP contribution is 2.44. The van der Waals surface area contributed by atoms with Gasteiger partial charge in [-0.2, -0.15) is 0 Å². The topological polar surface area (TPSA) is 32.6 Å². The summed E-state index contributed by atoms with van der Waals surface area (Å²) in [6, 6.07) is 64.0. The molecule has 8 rings (SSSR count). The maximum absolute atomic E-state index is 12.3. The fourth-order valence-corrected chi connectivity index (χ4v) is 9.73. The Morgan fingerprint density at radius 1 is 0.569 bits per heavy atom. The lowest BCUT2D eigenvalue weighted by Crippen LogP contribution is -2.23. The number of hydrogen-bond donors (Lipinski definition) is 1. The standard InChI is InChI=1S/C48H38NOP/c1-34(42-25-15-16-28-45(42)51(40-21-7-3-8-22-40)41-23-9-4-10-24-41)49-33-39-32-37-20-12-14-27-44(37)47(48(39)50)46-38(31-35-17-5-2-6-18-35)30-29-36-19-11-13-26-43(36)46/h2-30,32-34,50H,31H2,1H3/t34-/m0/s1. The summed E-state index contributed by atoms with van der Waals surface area (Å²) in [6.45, 7) is 2.15. The Kier molecular flexibility index (Phi) is 9.26. The van der Waals surface area contributed by atoms with Crippen LogP contribution < -0.4 is 15.9 Å². The molecule has 0 saturated carbocycles. The van der Waals surface area contributed by atoms with E-state index in [4.69, 9.17) is 4.99 Å². The van der Waals surface area contributed by atoms with Gasteiger partial charge in [0.25, 0.3) is 0 Å². The number of fused-ring (bicyclic) bond motifs is 2. The van der Waals surface area contributed by atoms with Gasteiger partial charge in [0.15, 0.2) is 0 Å². The zero-order valence-electron chi connectivity index (χ0n) is 28.5. The third kappa shape index (κ3) is 6.59. The SMILES string of the molecule is C[C@H](N=Cc1cc2ccccc2c(-c2c(Cc3ccccc3)ccc3ccccc23)c1O)c1ccccc1P(c1ccccc1)c1ccccc1. The molecule has 1 atom stereocenters. The van der Waals surface area contributed by atoms with Crippen molar-refractivity contribution in [3.63, 3.8) is 0 Å². The molecule has 0 saturated heterocycles. The summed E-state index contributed by atoms with van der Waals surface area (Å²) in [5, 5.41) is 20.6. The fourth-order valence-electron chi connectivity index (χ4n) is 7.18. The van der Waals surface area contributed by atoms with E-state index in [1.807, 2.05) is 6.21 Å². The largest absolute Gasteiger partial charge is 0.507 e. The molecule has 0 amide bonds. The second kappa shape index (κ2) is 14.6. The molecular weight excluding hydrogens is 638 g/mol. The highest BCUT2D eigenvalue weighted by Gasteiger charge is 2.22. The Balaban J connectivity index is 1.25. The predicted octanol–water partition coefficient (Wildman–Crippen LogP) is 10.9. The van der Waals surface area contributed by atoms with Gasteiger partial charge in [0.2, 0.25) is 0 Å². The second-order valence-electron chi connectivity index (χ2n) is 12.9. The van der Waals surface area contributed by atoms with Crippen LogP contribution in [0, 0.1) is 0 Å². The lowest BCUT2D eigenvalue weighted by atomic mass is 9.86. The number of phenolic OH excluding ortho intramolecular Hbond substituents is 1. The molecule has 0 aliphatic heterocycles. The van der Waals surface area contributed by atoms with Crippen LogP contribution in [0.4, 0.5) is 0 Å². The molecule has 3 heteroatoms. The van der Waals surface area contributed by atoms with Crippen molar-refractivity contribution in [2.24, 2.45) is 4.99 Å². The molecule has 246 valence electrons. The summed E-state index contributed by atoms with van der Waals surface area (Å²) in [6.07, 6.45) is 2.63. The molecule has 0 aromatic heterocycles. The van der Waals surface area contributed by atoms with E-state index in [-0.39, 0.29) is 11.8 Å². The zero-order valence-corrected chi connectivity index (χ0v) is 29.4. The molecular formula is C48H38NOP. The molecule has 1 N–H and O–H groups in total. The minimum Gasteiger partial charge on any atom is -0.507 e. The third-order valence-corrected chi connectivity index (χ3v) is 12.2. The van der Waals surface area contributed by atoms with Gasteiger partial charge in [0.05, 0.1) is 6.04 Å². The van der Waals surface area contributed by atoms with Gasteiger partial charge in [-0.1, -0.05) is 176 Å². The van der Waals surface area contributed by atoms with Crippen molar-refractivity contribution in [1.82, 2.24) is 0 Å². The van der Waals surface area contributed by atoms with Crippen LogP contribution in [-0.2, 0) is 6.42 Å². The summed E-state index contributed by atoms with van der Waals surface area (Å²) in [7, 11) is -0.795. The second-order valence-corrected chi connectivity index (χ2v) is 15.1. The number of aromatic hydroxyl groups is 1. The quantitative estimate of drug-likeness (QED) is 0.120. The van der Waals surface area contributed by atoms with Gasteiger partial charge < -0.3 is 5.11 Å². The van der Waals surface area contributed by atoms with Crippen LogP contribution in [0.5, 0.6) is 5.75 Å². The molecule has 8 aromatic rings. The molecule has 0 fully saturated rings. The Morgan fingerprint density at radius 3 is 1.80 bits per heavy atom. The van der Waals surface area contributed by atoms with Gasteiger partial charge in [-0.3, -0.25) is 4.99 Å². The molecule has 0 bridgehead atoms. The summed E-state index contributed by atoms with van der Waals surface area (Å²) in [5.41, 5.74) is 6.21. The molecule has 0 radical (unpaired) electrons. The van der Waals surface area contributed by atoms with E-state index in [1.165, 1.54) is 32.6 Å². The van der Waals surface area contributed by atoms with Crippen LogP contribution in [0.15, 0.2) is 187 Å². The van der Waals surface area contributed by atoms with E-state index >= 15 is 0 Å². The number of rotatable bonds is 9. The van der Waals surface area contributed by atoms with Gasteiger partial charge in [-0.25, -0.2) is 0 Å². The van der Waals surface area contributed by atoms with Gasteiger partial charge in [-0.05, 0) is 87.0 Å². The highest BCUT2D eigenvalue weighted by atomic mass is 31.1. The zero-order chi connectivity index (χ0) is 34.6. The van der Waals surface area contributed by atoms with Crippen LogP contribution in [0.1, 0.15) is 35.2 Å². The number of aliphatic imine (C=N–C) groups is 1.